The highest BCUT2D eigenvalue weighted by Gasteiger charge is 2.50. The summed E-state index contributed by atoms with van der Waals surface area (Å²) in [7, 11) is 0. The van der Waals surface area contributed by atoms with Gasteiger partial charge in [-0.1, -0.05) is 186 Å². The Morgan fingerprint density at radius 2 is 0.736 bits per heavy atom. The molecule has 9 aromatic rings. The number of furan rings is 1. The number of fused-ring (bicyclic) bond motifs is 9. The molecule has 8 aromatic carbocycles. The van der Waals surface area contributed by atoms with Crippen LogP contribution in [-0.2, 0) is 48.7 Å². The molecule has 466 valence electrons. The Morgan fingerprint density at radius 1 is 0.363 bits per heavy atom. The van der Waals surface area contributed by atoms with E-state index in [1.165, 1.54) is 113 Å². The average Bonchev–Trinajstić information content (AvgIpc) is 0.802. The van der Waals surface area contributed by atoms with E-state index in [-0.39, 0.29) is 55.4 Å². The molecule has 1 aromatic heterocycles. The molecule has 15 rings (SSSR count). The normalized spacial score (nSPS) is 20.3. The SMILES string of the molecule is CC(C)(C)c1ccc(N(c2ccc(-c3cc4ccccc4o3)cc2)c2cc3c4c(c2)N(c2ccc5c(c2)C(C)(C)CCC5(C)C)c2cc5c(cc2B4c2cc4c(cc2N3c2ccc3c(c2)C(C)(C)CCC3(C)C)C(C)(C)CCC4(C)C)C(C)(C)CCC5(C)C)cc1. The van der Waals surface area contributed by atoms with E-state index in [0.29, 0.717) is 0 Å². The number of anilines is 9. The van der Waals surface area contributed by atoms with Gasteiger partial charge in [0.15, 0.2) is 0 Å². The second-order valence-electron chi connectivity index (χ2n) is 35.3. The van der Waals surface area contributed by atoms with Gasteiger partial charge in [0.1, 0.15) is 11.3 Å². The van der Waals surface area contributed by atoms with Crippen LogP contribution in [0.25, 0.3) is 22.3 Å². The molecule has 0 saturated heterocycles. The standard InChI is InChI=1S/C86H98BN3O/c1-78(2,3)55-26-30-57(31-27-55)88(56-28-24-53(25-29-56)76-44-54-22-20-21-23-75(54)91-76)60-47-73-77-74(48-60)90(59-33-35-62-64(46-59)82(10,11)39-37-80(62,6)7)72-52-68-66(84(14,15)41-43-86(68,18)19)50-70(72)87(77)69-49-65-67(85(16,17)42-40-83(65,12)13)51-71(69)89(73)58-32-34-61-63(45-58)81(8,9)38-36-79(61,4)5/h20-35,44-52H,36-43H2,1-19H3. The lowest BCUT2D eigenvalue weighted by molar-refractivity contribution is 0.332. The second kappa shape index (κ2) is 19.7. The first-order valence-electron chi connectivity index (χ1n) is 34.6. The molecule has 6 aliphatic rings. The summed E-state index contributed by atoms with van der Waals surface area (Å²) in [6.07, 6.45) is 9.22. The Hall–Kier alpha value is -7.24. The molecule has 0 amide bonds. The van der Waals surface area contributed by atoms with Crippen molar-refractivity contribution in [2.75, 3.05) is 14.7 Å². The van der Waals surface area contributed by atoms with E-state index < -0.39 is 0 Å². The molecular formula is C86H98BN3O. The fourth-order valence-corrected chi connectivity index (χ4v) is 17.7. The largest absolute Gasteiger partial charge is 0.456 e. The highest BCUT2D eigenvalue weighted by Crippen LogP contribution is 2.57. The summed E-state index contributed by atoms with van der Waals surface area (Å²) in [6, 6.07) is 60.6. The van der Waals surface area contributed by atoms with Crippen molar-refractivity contribution in [3.8, 4) is 11.3 Å². The van der Waals surface area contributed by atoms with Gasteiger partial charge in [0.25, 0.3) is 6.71 Å². The summed E-state index contributed by atoms with van der Waals surface area (Å²) in [5.74, 6) is 0.873. The summed E-state index contributed by atoms with van der Waals surface area (Å²) in [5, 5.41) is 1.11. The van der Waals surface area contributed by atoms with Crippen LogP contribution >= 0.6 is 0 Å². The van der Waals surface area contributed by atoms with Crippen LogP contribution in [0.1, 0.15) is 233 Å². The van der Waals surface area contributed by atoms with Gasteiger partial charge >= 0.3 is 0 Å². The molecule has 4 aliphatic carbocycles. The van der Waals surface area contributed by atoms with Crippen molar-refractivity contribution in [1.29, 1.82) is 0 Å². The lowest BCUT2D eigenvalue weighted by Crippen LogP contribution is -2.62. The Morgan fingerprint density at radius 3 is 1.14 bits per heavy atom. The summed E-state index contributed by atoms with van der Waals surface area (Å²) < 4.78 is 6.55. The van der Waals surface area contributed by atoms with Gasteiger partial charge in [-0.2, -0.15) is 0 Å². The molecule has 0 saturated carbocycles. The van der Waals surface area contributed by atoms with Gasteiger partial charge in [-0.15, -0.1) is 0 Å². The van der Waals surface area contributed by atoms with Crippen LogP contribution in [0.4, 0.5) is 51.2 Å². The molecular weight excluding hydrogens is 1100 g/mol. The van der Waals surface area contributed by atoms with E-state index in [9.17, 15) is 0 Å². The van der Waals surface area contributed by atoms with Crippen molar-refractivity contribution >= 4 is 85.3 Å². The first-order valence-corrected chi connectivity index (χ1v) is 34.6. The minimum atomic E-state index is -0.0579. The van der Waals surface area contributed by atoms with Gasteiger partial charge in [-0.3, -0.25) is 0 Å². The summed E-state index contributed by atoms with van der Waals surface area (Å²) in [4.78, 5) is 8.08. The minimum absolute atomic E-state index is 0.0000867. The van der Waals surface area contributed by atoms with E-state index in [1.54, 1.807) is 0 Å². The van der Waals surface area contributed by atoms with Gasteiger partial charge in [0.2, 0.25) is 0 Å². The number of nitrogens with zero attached hydrogens (tertiary/aromatic N) is 3. The van der Waals surface area contributed by atoms with Gasteiger partial charge in [-0.25, -0.2) is 0 Å². The fraction of sp³-hybridized carbons (Fsp3) is 0.419. The van der Waals surface area contributed by atoms with Crippen LogP contribution in [0.3, 0.4) is 0 Å². The predicted molar refractivity (Wildman–Crippen MR) is 390 cm³/mol. The van der Waals surface area contributed by atoms with E-state index >= 15 is 0 Å². The maximum absolute atomic E-state index is 6.55. The number of hydrogen-bond donors (Lipinski definition) is 0. The maximum Gasteiger partial charge on any atom is 0.252 e. The average molecular weight is 1200 g/mol. The van der Waals surface area contributed by atoms with Crippen LogP contribution < -0.4 is 31.1 Å². The molecule has 4 nitrogen and oxygen atoms in total. The molecule has 0 unspecified atom stereocenters. The summed E-state index contributed by atoms with van der Waals surface area (Å²) in [6.45, 7) is 46.9. The van der Waals surface area contributed by atoms with E-state index in [2.05, 4.69) is 298 Å². The lowest BCUT2D eigenvalue weighted by atomic mass is 9.32. The van der Waals surface area contributed by atoms with Crippen molar-refractivity contribution in [2.45, 2.75) is 232 Å². The van der Waals surface area contributed by atoms with Crippen molar-refractivity contribution in [2.24, 2.45) is 0 Å². The maximum atomic E-state index is 6.55. The van der Waals surface area contributed by atoms with Crippen LogP contribution in [0.5, 0.6) is 0 Å². The number of benzene rings is 8. The Bertz CT molecular complexity index is 4250. The Labute approximate surface area is 546 Å². The number of hydrogen-bond acceptors (Lipinski definition) is 4. The lowest BCUT2D eigenvalue weighted by Gasteiger charge is -2.49. The monoisotopic (exact) mass is 1200 g/mol. The van der Waals surface area contributed by atoms with Gasteiger partial charge in [0.05, 0.1) is 5.69 Å². The van der Waals surface area contributed by atoms with Gasteiger partial charge in [0, 0.05) is 56.4 Å². The van der Waals surface area contributed by atoms with Crippen LogP contribution in [-0.4, -0.2) is 6.71 Å². The molecule has 3 heterocycles. The zero-order valence-corrected chi connectivity index (χ0v) is 58.4. The predicted octanol–water partition coefficient (Wildman–Crippen LogP) is 22.3. The number of para-hydroxylation sites is 1. The second-order valence-corrected chi connectivity index (χ2v) is 35.3. The van der Waals surface area contributed by atoms with Gasteiger partial charge < -0.3 is 19.1 Å². The Balaban J connectivity index is 1.09. The zero-order valence-electron chi connectivity index (χ0n) is 58.4. The van der Waals surface area contributed by atoms with Crippen LogP contribution in [0.15, 0.2) is 156 Å². The zero-order chi connectivity index (χ0) is 64.3. The number of rotatable bonds is 6. The first-order chi connectivity index (χ1) is 42.6. The molecule has 91 heavy (non-hydrogen) atoms. The first kappa shape index (κ1) is 60.0. The molecule has 0 bridgehead atoms. The van der Waals surface area contributed by atoms with E-state index in [4.69, 9.17) is 4.42 Å². The van der Waals surface area contributed by atoms with Crippen molar-refractivity contribution in [3.63, 3.8) is 0 Å². The molecule has 0 N–H and O–H groups in total. The van der Waals surface area contributed by atoms with E-state index in [1.807, 2.05) is 0 Å². The topological polar surface area (TPSA) is 22.9 Å². The highest BCUT2D eigenvalue weighted by atomic mass is 16.3. The van der Waals surface area contributed by atoms with E-state index in [0.717, 1.165) is 77.9 Å². The van der Waals surface area contributed by atoms with Crippen LogP contribution in [0, 0.1) is 0 Å². The molecule has 2 aliphatic heterocycles. The summed E-state index contributed by atoms with van der Waals surface area (Å²) in [5.41, 5.74) is 30.4. The quantitative estimate of drug-likeness (QED) is 0.155. The molecule has 0 spiro atoms. The highest BCUT2D eigenvalue weighted by molar-refractivity contribution is 7.00. The third-order valence-electron chi connectivity index (χ3n) is 24.3. The Kier molecular flexibility index (Phi) is 13.0. The molecule has 0 fully saturated rings. The van der Waals surface area contributed by atoms with Gasteiger partial charge in [-0.05, 0) is 264 Å². The van der Waals surface area contributed by atoms with Crippen molar-refractivity contribution in [1.82, 2.24) is 0 Å². The smallest absolute Gasteiger partial charge is 0.252 e. The fourth-order valence-electron chi connectivity index (χ4n) is 17.7. The van der Waals surface area contributed by atoms with Crippen molar-refractivity contribution in [3.05, 3.63) is 202 Å². The molecule has 0 atom stereocenters. The molecule has 5 heteroatoms. The van der Waals surface area contributed by atoms with Crippen molar-refractivity contribution < 1.29 is 4.42 Å². The molecule has 0 radical (unpaired) electrons. The minimum Gasteiger partial charge on any atom is -0.456 e. The van der Waals surface area contributed by atoms with Crippen LogP contribution in [0.2, 0.25) is 0 Å². The third-order valence-corrected chi connectivity index (χ3v) is 24.3. The summed E-state index contributed by atoms with van der Waals surface area (Å²) >= 11 is 0. The third kappa shape index (κ3) is 9.39.